The predicted octanol–water partition coefficient (Wildman–Crippen LogP) is 3.28. The Hall–Kier alpha value is -1.37. The van der Waals surface area contributed by atoms with E-state index in [1.807, 2.05) is 0 Å². The van der Waals surface area contributed by atoms with Crippen LogP contribution in [-0.2, 0) is 12.8 Å². The number of nitrogens with two attached hydrogens (primary N) is 1. The molecule has 3 rings (SSSR count). The van der Waals surface area contributed by atoms with Gasteiger partial charge in [0.15, 0.2) is 5.82 Å². The van der Waals surface area contributed by atoms with Crippen molar-refractivity contribution in [3.63, 3.8) is 0 Å². The average Bonchev–Trinajstić information content (AvgIpc) is 2.85. The average molecular weight is 394 g/mol. The number of aryl methyl sites for hydroxylation is 1. The van der Waals surface area contributed by atoms with Crippen LogP contribution in [0.3, 0.4) is 0 Å². The number of likely N-dealkylation sites (N-methyl/N-ethyl adjacent to an activating group) is 1. The lowest BCUT2D eigenvalue weighted by Gasteiger charge is -2.12. The molecule has 0 fully saturated rings. The maximum atomic E-state index is 6.06. The van der Waals surface area contributed by atoms with Crippen LogP contribution in [-0.4, -0.2) is 23.6 Å². The van der Waals surface area contributed by atoms with Crippen LogP contribution in [0.15, 0.2) is 18.2 Å². The Kier molecular flexibility index (Phi) is 4.01. The lowest BCUT2D eigenvalue weighted by Crippen LogP contribution is -2.12. The molecule has 0 spiro atoms. The summed E-state index contributed by atoms with van der Waals surface area (Å²) in [4.78, 5) is 11.5. The summed E-state index contributed by atoms with van der Waals surface area (Å²) in [7, 11) is 2.13. The Morgan fingerprint density at radius 3 is 2.90 bits per heavy atom. The number of nitrogens with zero attached hydrogens (tertiary/aromatic N) is 3. The van der Waals surface area contributed by atoms with Crippen LogP contribution in [0.25, 0.3) is 11.4 Å². The first-order chi connectivity index (χ1) is 10.1. The van der Waals surface area contributed by atoms with E-state index in [2.05, 4.69) is 64.6 Å². The monoisotopic (exact) mass is 394 g/mol. The van der Waals surface area contributed by atoms with E-state index >= 15 is 0 Å². The van der Waals surface area contributed by atoms with Gasteiger partial charge in [0.05, 0.1) is 9.26 Å². The molecule has 2 N–H and O–H groups in total. The molecule has 0 atom stereocenters. The second-order valence-electron chi connectivity index (χ2n) is 5.46. The predicted molar refractivity (Wildman–Crippen MR) is 95.6 cm³/mol. The minimum absolute atomic E-state index is 0.585. The Labute approximate surface area is 138 Å². The van der Waals surface area contributed by atoms with Gasteiger partial charge in [-0.15, -0.1) is 0 Å². The highest BCUT2D eigenvalue weighted by molar-refractivity contribution is 14.1. The van der Waals surface area contributed by atoms with E-state index in [-0.39, 0.29) is 0 Å². The summed E-state index contributed by atoms with van der Waals surface area (Å²) in [6.07, 6.45) is 3.08. The maximum Gasteiger partial charge on any atom is 0.161 e. The minimum Gasteiger partial charge on any atom is -0.383 e. The molecule has 0 saturated heterocycles. The first-order valence-corrected chi connectivity index (χ1v) is 8.34. The SMILES string of the molecule is CCCc1nc(-c2ccc3c(c2)CCN3C)nc(N)c1I. The third-order valence-electron chi connectivity index (χ3n) is 3.90. The quantitative estimate of drug-likeness (QED) is 0.812. The Bertz CT molecular complexity index is 684. The summed E-state index contributed by atoms with van der Waals surface area (Å²) >= 11 is 2.24. The molecular weight excluding hydrogens is 375 g/mol. The molecule has 0 unspecified atom stereocenters. The normalized spacial score (nSPS) is 13.6. The zero-order chi connectivity index (χ0) is 15.0. The van der Waals surface area contributed by atoms with Gasteiger partial charge in [0.25, 0.3) is 0 Å². The molecule has 110 valence electrons. The van der Waals surface area contributed by atoms with Gasteiger partial charge >= 0.3 is 0 Å². The van der Waals surface area contributed by atoms with Crippen LogP contribution in [0.1, 0.15) is 24.6 Å². The van der Waals surface area contributed by atoms with E-state index < -0.39 is 0 Å². The van der Waals surface area contributed by atoms with Crippen LogP contribution < -0.4 is 10.6 Å². The van der Waals surface area contributed by atoms with Crippen molar-refractivity contribution in [3.8, 4) is 11.4 Å². The molecule has 4 nitrogen and oxygen atoms in total. The lowest BCUT2D eigenvalue weighted by atomic mass is 10.1. The zero-order valence-electron chi connectivity index (χ0n) is 12.4. The van der Waals surface area contributed by atoms with Crippen molar-refractivity contribution < 1.29 is 0 Å². The van der Waals surface area contributed by atoms with E-state index in [0.717, 1.165) is 46.5 Å². The summed E-state index contributed by atoms with van der Waals surface area (Å²) in [6, 6.07) is 6.46. The standard InChI is InChI=1S/C16H19IN4/c1-3-4-12-14(17)15(18)20-16(19-12)11-5-6-13-10(9-11)7-8-21(13)2/h5-6,9H,3-4,7-8H2,1-2H3,(H2,18,19,20). The largest absolute Gasteiger partial charge is 0.383 e. The number of hydrogen-bond donors (Lipinski definition) is 1. The molecule has 0 saturated carbocycles. The van der Waals surface area contributed by atoms with Crippen LogP contribution in [0, 0.1) is 3.57 Å². The molecule has 0 amide bonds. The summed E-state index contributed by atoms with van der Waals surface area (Å²) < 4.78 is 0.985. The molecule has 0 bridgehead atoms. The van der Waals surface area contributed by atoms with Crippen molar-refractivity contribution in [2.75, 3.05) is 24.2 Å². The van der Waals surface area contributed by atoms with Gasteiger partial charge < -0.3 is 10.6 Å². The molecule has 1 aliphatic heterocycles. The number of benzene rings is 1. The summed E-state index contributed by atoms with van der Waals surface area (Å²) in [5.41, 5.74) is 10.9. The molecular formula is C16H19IN4. The topological polar surface area (TPSA) is 55.0 Å². The van der Waals surface area contributed by atoms with Crippen LogP contribution in [0.5, 0.6) is 0 Å². The second-order valence-corrected chi connectivity index (χ2v) is 6.54. The van der Waals surface area contributed by atoms with E-state index in [0.29, 0.717) is 5.82 Å². The van der Waals surface area contributed by atoms with E-state index in [1.54, 1.807) is 0 Å². The highest BCUT2D eigenvalue weighted by atomic mass is 127. The highest BCUT2D eigenvalue weighted by Crippen LogP contribution is 2.31. The van der Waals surface area contributed by atoms with Gasteiger partial charge in [-0.05, 0) is 59.2 Å². The summed E-state index contributed by atoms with van der Waals surface area (Å²) in [6.45, 7) is 3.23. The van der Waals surface area contributed by atoms with Crippen molar-refractivity contribution in [2.24, 2.45) is 0 Å². The van der Waals surface area contributed by atoms with Crippen molar-refractivity contribution in [1.82, 2.24) is 9.97 Å². The van der Waals surface area contributed by atoms with Gasteiger partial charge in [0, 0.05) is 24.8 Å². The number of nitrogen functional groups attached to an aromatic ring is 1. The third-order valence-corrected chi connectivity index (χ3v) is 5.07. The second kappa shape index (κ2) is 5.79. The minimum atomic E-state index is 0.585. The summed E-state index contributed by atoms with van der Waals surface area (Å²) in [5, 5.41) is 0. The van der Waals surface area contributed by atoms with E-state index in [4.69, 9.17) is 10.7 Å². The molecule has 1 aliphatic rings. The van der Waals surface area contributed by atoms with Crippen molar-refractivity contribution in [3.05, 3.63) is 33.0 Å². The number of rotatable bonds is 3. The number of anilines is 2. The zero-order valence-corrected chi connectivity index (χ0v) is 14.5. The van der Waals surface area contributed by atoms with Gasteiger partial charge in [-0.3, -0.25) is 0 Å². The maximum absolute atomic E-state index is 6.06. The first-order valence-electron chi connectivity index (χ1n) is 7.26. The van der Waals surface area contributed by atoms with Gasteiger partial charge in [-0.1, -0.05) is 13.3 Å². The van der Waals surface area contributed by atoms with Crippen LogP contribution in [0.2, 0.25) is 0 Å². The molecule has 2 aromatic rings. The molecule has 21 heavy (non-hydrogen) atoms. The molecule has 2 heterocycles. The van der Waals surface area contributed by atoms with Crippen molar-refractivity contribution in [2.45, 2.75) is 26.2 Å². The van der Waals surface area contributed by atoms with Gasteiger partial charge in [0.2, 0.25) is 0 Å². The lowest BCUT2D eigenvalue weighted by molar-refractivity contribution is 0.869. The molecule has 5 heteroatoms. The number of aromatic nitrogens is 2. The fourth-order valence-corrected chi connectivity index (χ4v) is 3.26. The fourth-order valence-electron chi connectivity index (χ4n) is 2.75. The fraction of sp³-hybridized carbons (Fsp3) is 0.375. The van der Waals surface area contributed by atoms with E-state index in [1.165, 1.54) is 11.3 Å². The van der Waals surface area contributed by atoms with Gasteiger partial charge in [0.1, 0.15) is 5.82 Å². The number of halogens is 1. The van der Waals surface area contributed by atoms with E-state index in [9.17, 15) is 0 Å². The Balaban J connectivity index is 2.05. The molecule has 1 aromatic heterocycles. The molecule has 0 aliphatic carbocycles. The third kappa shape index (κ3) is 2.71. The smallest absolute Gasteiger partial charge is 0.161 e. The van der Waals surface area contributed by atoms with Gasteiger partial charge in [-0.25, -0.2) is 9.97 Å². The van der Waals surface area contributed by atoms with Crippen LogP contribution in [0.4, 0.5) is 11.5 Å². The Morgan fingerprint density at radius 2 is 2.14 bits per heavy atom. The van der Waals surface area contributed by atoms with Crippen molar-refractivity contribution >= 4 is 34.1 Å². The number of hydrogen-bond acceptors (Lipinski definition) is 4. The van der Waals surface area contributed by atoms with Crippen molar-refractivity contribution in [1.29, 1.82) is 0 Å². The summed E-state index contributed by atoms with van der Waals surface area (Å²) in [5.74, 6) is 1.33. The molecule has 1 aromatic carbocycles. The highest BCUT2D eigenvalue weighted by Gasteiger charge is 2.17. The number of fused-ring (bicyclic) bond motifs is 1. The van der Waals surface area contributed by atoms with Gasteiger partial charge in [-0.2, -0.15) is 0 Å². The van der Waals surface area contributed by atoms with Crippen LogP contribution >= 0.6 is 22.6 Å². The molecule has 0 radical (unpaired) electrons. The Morgan fingerprint density at radius 1 is 1.33 bits per heavy atom. The first kappa shape index (κ1) is 14.6.